The lowest BCUT2D eigenvalue weighted by molar-refractivity contribution is -0.152. The van der Waals surface area contributed by atoms with Gasteiger partial charge < -0.3 is 31.3 Å². The Morgan fingerprint density at radius 3 is 1.93 bits per heavy atom. The highest BCUT2D eigenvalue weighted by Gasteiger charge is 2.44. The van der Waals surface area contributed by atoms with E-state index in [1.54, 1.807) is 0 Å². The van der Waals surface area contributed by atoms with Crippen LogP contribution in [0.1, 0.15) is 6.42 Å². The van der Waals surface area contributed by atoms with Crippen LogP contribution in [0.4, 0.5) is 0 Å². The second kappa shape index (κ2) is 4.42. The molecule has 7 heteroatoms. The van der Waals surface area contributed by atoms with Gasteiger partial charge in [-0.25, -0.2) is 0 Å². The number of carboxylic acids is 1. The number of aliphatic hydroxyl groups excluding tert-OH is 4. The summed E-state index contributed by atoms with van der Waals surface area (Å²) in [6, 6.07) is -0.993. The van der Waals surface area contributed by atoms with Crippen LogP contribution in [0.15, 0.2) is 0 Å². The normalized spacial score (nSPS) is 47.3. The molecule has 0 bridgehead atoms. The lowest BCUT2D eigenvalue weighted by Crippen LogP contribution is -2.48. The van der Waals surface area contributed by atoms with Gasteiger partial charge in [0, 0.05) is 6.04 Å². The van der Waals surface area contributed by atoms with E-state index >= 15 is 0 Å². The second-order valence-electron chi connectivity index (χ2n) is 3.81. The van der Waals surface area contributed by atoms with Crippen molar-refractivity contribution in [2.45, 2.75) is 36.9 Å². The third-order valence-corrected chi connectivity index (χ3v) is 2.74. The summed E-state index contributed by atoms with van der Waals surface area (Å²) in [4.78, 5) is 10.7. The molecule has 1 aliphatic rings. The molecule has 7 nitrogen and oxygen atoms in total. The van der Waals surface area contributed by atoms with E-state index in [2.05, 4.69) is 0 Å². The zero-order valence-corrected chi connectivity index (χ0v) is 7.89. The van der Waals surface area contributed by atoms with Crippen LogP contribution in [0.5, 0.6) is 0 Å². The van der Waals surface area contributed by atoms with Gasteiger partial charge in [0.1, 0.15) is 12.2 Å². The number of carboxylic acid groups (broad SMARTS) is 1. The Bertz CT molecular complexity index is 247. The molecule has 1 aliphatic carbocycles. The van der Waals surface area contributed by atoms with Gasteiger partial charge in [-0.15, -0.1) is 0 Å². The molecule has 1 rings (SSSR count). The van der Waals surface area contributed by atoms with Crippen molar-refractivity contribution in [2.75, 3.05) is 0 Å². The SMILES string of the molecule is N[C@H]1C[C@@H](C(=O)O)[C@H](O)[C@@H](O)[C@H](O)[C@@H]1O. The Balaban J connectivity index is 2.92. The summed E-state index contributed by atoms with van der Waals surface area (Å²) in [6.07, 6.45) is -6.64. The number of carbonyl (C=O) groups is 1. The van der Waals surface area contributed by atoms with Crippen molar-refractivity contribution in [1.82, 2.24) is 0 Å². The van der Waals surface area contributed by atoms with Gasteiger partial charge >= 0.3 is 5.97 Å². The quantitative estimate of drug-likeness (QED) is 0.257. The van der Waals surface area contributed by atoms with Crippen LogP contribution in [0, 0.1) is 5.92 Å². The van der Waals surface area contributed by atoms with Crippen molar-refractivity contribution in [2.24, 2.45) is 11.7 Å². The summed E-state index contributed by atoms with van der Waals surface area (Å²) in [5.41, 5.74) is 5.43. The minimum Gasteiger partial charge on any atom is -0.481 e. The average molecular weight is 221 g/mol. The summed E-state index contributed by atoms with van der Waals surface area (Å²) in [6.45, 7) is 0. The molecule has 0 aromatic carbocycles. The fraction of sp³-hybridized carbons (Fsp3) is 0.875. The van der Waals surface area contributed by atoms with Gasteiger partial charge in [-0.1, -0.05) is 0 Å². The van der Waals surface area contributed by atoms with Gasteiger partial charge in [-0.2, -0.15) is 0 Å². The van der Waals surface area contributed by atoms with Crippen LogP contribution < -0.4 is 5.73 Å². The minimum absolute atomic E-state index is 0.203. The Kier molecular flexibility index (Phi) is 3.63. The van der Waals surface area contributed by atoms with Crippen LogP contribution in [0.3, 0.4) is 0 Å². The van der Waals surface area contributed by atoms with Crippen molar-refractivity contribution in [3.8, 4) is 0 Å². The Morgan fingerprint density at radius 2 is 1.47 bits per heavy atom. The van der Waals surface area contributed by atoms with Crippen LogP contribution in [0.25, 0.3) is 0 Å². The average Bonchev–Trinajstić information content (AvgIpc) is 2.25. The number of rotatable bonds is 1. The van der Waals surface area contributed by atoms with E-state index in [0.717, 1.165) is 0 Å². The summed E-state index contributed by atoms with van der Waals surface area (Å²) < 4.78 is 0. The molecule has 88 valence electrons. The minimum atomic E-state index is -1.71. The molecule has 1 fully saturated rings. The number of hydrogen-bond donors (Lipinski definition) is 6. The molecule has 0 unspecified atom stereocenters. The maximum Gasteiger partial charge on any atom is 0.309 e. The van der Waals surface area contributed by atoms with Crippen LogP contribution in [-0.4, -0.2) is 62.0 Å². The Morgan fingerprint density at radius 1 is 1.00 bits per heavy atom. The van der Waals surface area contributed by atoms with Gasteiger partial charge in [0.25, 0.3) is 0 Å². The second-order valence-corrected chi connectivity index (χ2v) is 3.81. The molecule has 0 aromatic rings. The standard InChI is InChI=1S/C8H15NO6/c9-3-1-2(8(14)15)4(10)6(12)7(13)5(3)11/h2-7,10-13H,1,9H2,(H,14,15)/t2-,3+,4+,5-,6-,7-/m1/s1. The molecule has 0 amide bonds. The number of aliphatic hydroxyl groups is 4. The molecule has 0 heterocycles. The van der Waals surface area contributed by atoms with Crippen LogP contribution >= 0.6 is 0 Å². The highest BCUT2D eigenvalue weighted by Crippen LogP contribution is 2.24. The molecule has 0 aromatic heterocycles. The predicted molar refractivity (Wildman–Crippen MR) is 47.7 cm³/mol. The number of aliphatic carboxylic acids is 1. The maximum atomic E-state index is 10.7. The molecule has 0 spiro atoms. The first kappa shape index (κ1) is 12.3. The van der Waals surface area contributed by atoms with Crippen LogP contribution in [-0.2, 0) is 4.79 Å². The van der Waals surface area contributed by atoms with E-state index in [0.29, 0.717) is 0 Å². The molecule has 0 aliphatic heterocycles. The smallest absolute Gasteiger partial charge is 0.309 e. The summed E-state index contributed by atoms with van der Waals surface area (Å²) in [5.74, 6) is -2.61. The van der Waals surface area contributed by atoms with Crippen LogP contribution in [0.2, 0.25) is 0 Å². The fourth-order valence-corrected chi connectivity index (χ4v) is 1.71. The molecule has 1 saturated carbocycles. The van der Waals surface area contributed by atoms with E-state index in [1.165, 1.54) is 0 Å². The summed E-state index contributed by atoms with van der Waals surface area (Å²) in [7, 11) is 0. The zero-order valence-electron chi connectivity index (χ0n) is 7.89. The van der Waals surface area contributed by atoms with Crippen molar-refractivity contribution in [3.63, 3.8) is 0 Å². The van der Waals surface area contributed by atoms with Gasteiger partial charge in [-0.3, -0.25) is 4.79 Å². The third-order valence-electron chi connectivity index (χ3n) is 2.74. The maximum absolute atomic E-state index is 10.7. The van der Waals surface area contributed by atoms with E-state index in [1.807, 2.05) is 0 Å². The van der Waals surface area contributed by atoms with E-state index in [4.69, 9.17) is 10.8 Å². The molecule has 6 atom stereocenters. The molecule has 0 saturated heterocycles. The topological polar surface area (TPSA) is 144 Å². The highest BCUT2D eigenvalue weighted by molar-refractivity contribution is 5.71. The first-order valence-corrected chi connectivity index (χ1v) is 4.57. The largest absolute Gasteiger partial charge is 0.481 e. The first-order valence-electron chi connectivity index (χ1n) is 4.57. The van der Waals surface area contributed by atoms with Crippen molar-refractivity contribution >= 4 is 5.97 Å². The van der Waals surface area contributed by atoms with E-state index < -0.39 is 42.3 Å². The van der Waals surface area contributed by atoms with Gasteiger partial charge in [0.05, 0.1) is 18.1 Å². The summed E-state index contributed by atoms with van der Waals surface area (Å²) >= 11 is 0. The van der Waals surface area contributed by atoms with Crippen molar-refractivity contribution < 1.29 is 30.3 Å². The Hall–Kier alpha value is -0.730. The summed E-state index contributed by atoms with van der Waals surface area (Å²) in [5, 5.41) is 46.3. The van der Waals surface area contributed by atoms with Crippen molar-refractivity contribution in [1.29, 1.82) is 0 Å². The lowest BCUT2D eigenvalue weighted by atomic mass is 9.95. The molecule has 15 heavy (non-hydrogen) atoms. The Labute approximate surface area is 85.8 Å². The molecule has 0 radical (unpaired) electrons. The monoisotopic (exact) mass is 221 g/mol. The molecular formula is C8H15NO6. The van der Waals surface area contributed by atoms with Gasteiger partial charge in [-0.05, 0) is 6.42 Å². The van der Waals surface area contributed by atoms with E-state index in [-0.39, 0.29) is 6.42 Å². The predicted octanol–water partition coefficient (Wildman–Crippen LogP) is -3.14. The van der Waals surface area contributed by atoms with Gasteiger partial charge in [0.2, 0.25) is 0 Å². The molecular weight excluding hydrogens is 206 g/mol. The fourth-order valence-electron chi connectivity index (χ4n) is 1.71. The first-order chi connectivity index (χ1) is 6.86. The highest BCUT2D eigenvalue weighted by atomic mass is 16.4. The molecule has 7 N–H and O–H groups in total. The lowest BCUT2D eigenvalue weighted by Gasteiger charge is -2.24. The number of nitrogens with two attached hydrogens (primary N) is 1. The van der Waals surface area contributed by atoms with E-state index in [9.17, 15) is 25.2 Å². The van der Waals surface area contributed by atoms with Crippen molar-refractivity contribution in [3.05, 3.63) is 0 Å². The number of hydrogen-bond acceptors (Lipinski definition) is 6. The zero-order chi connectivity index (χ0) is 11.7. The third kappa shape index (κ3) is 2.27. The van der Waals surface area contributed by atoms with Gasteiger partial charge in [0.15, 0.2) is 0 Å².